The van der Waals surface area contributed by atoms with Crippen molar-refractivity contribution >= 4 is 11.8 Å². The molecule has 0 aromatic heterocycles. The molecule has 0 aliphatic heterocycles. The average molecular weight is 456 g/mol. The average Bonchev–Trinajstić information content (AvgIpc) is 3.12. The van der Waals surface area contributed by atoms with Gasteiger partial charge in [0.15, 0.2) is 0 Å². The molecular formula is C25H33N3O5. The highest BCUT2D eigenvalue weighted by Crippen LogP contribution is 2.37. The highest BCUT2D eigenvalue weighted by atomic mass is 16.5. The Morgan fingerprint density at radius 3 is 2.64 bits per heavy atom. The lowest BCUT2D eigenvalue weighted by Crippen LogP contribution is -2.52. The predicted octanol–water partition coefficient (Wildman–Crippen LogP) is 2.42. The maximum absolute atomic E-state index is 13.9. The molecule has 8 nitrogen and oxygen atoms in total. The summed E-state index contributed by atoms with van der Waals surface area (Å²) in [6, 6.07) is 12.7. The van der Waals surface area contributed by atoms with E-state index in [2.05, 4.69) is 5.32 Å². The number of phenols is 1. The first-order valence-electron chi connectivity index (χ1n) is 11.4. The van der Waals surface area contributed by atoms with E-state index >= 15 is 0 Å². The third-order valence-corrected chi connectivity index (χ3v) is 6.07. The number of nitrogens with zero attached hydrogens (tertiary/aromatic N) is 1. The fraction of sp³-hybridized carbons (Fsp3) is 0.440. The molecule has 0 radical (unpaired) electrons. The van der Waals surface area contributed by atoms with Crippen LogP contribution in [0.4, 0.5) is 0 Å². The third-order valence-electron chi connectivity index (χ3n) is 6.07. The quantitative estimate of drug-likeness (QED) is 0.277. The van der Waals surface area contributed by atoms with Crippen LogP contribution in [0, 0.1) is 0 Å². The molecule has 0 saturated carbocycles. The van der Waals surface area contributed by atoms with E-state index in [1.165, 1.54) is 0 Å². The summed E-state index contributed by atoms with van der Waals surface area (Å²) in [4.78, 5) is 27.5. The molecule has 0 fully saturated rings. The van der Waals surface area contributed by atoms with Gasteiger partial charge in [0, 0.05) is 19.0 Å². The molecule has 178 valence electrons. The van der Waals surface area contributed by atoms with Crippen LogP contribution in [0.2, 0.25) is 0 Å². The Morgan fingerprint density at radius 2 is 1.94 bits per heavy atom. The second-order valence-corrected chi connectivity index (χ2v) is 8.70. The predicted molar refractivity (Wildman–Crippen MR) is 123 cm³/mol. The number of aliphatic hydroxyl groups is 1. The van der Waals surface area contributed by atoms with E-state index in [1.54, 1.807) is 34.6 Å². The number of rotatable bonds is 10. The Bertz CT molecular complexity index is 967. The highest BCUT2D eigenvalue weighted by Gasteiger charge is 2.40. The molecule has 0 spiro atoms. The van der Waals surface area contributed by atoms with Crippen molar-refractivity contribution in [2.45, 2.75) is 70.3 Å². The Kier molecular flexibility index (Phi) is 8.43. The maximum atomic E-state index is 13.9. The van der Waals surface area contributed by atoms with Gasteiger partial charge in [0.2, 0.25) is 11.8 Å². The van der Waals surface area contributed by atoms with Crippen LogP contribution >= 0.6 is 0 Å². The molecule has 0 bridgehead atoms. The largest absolute Gasteiger partial charge is 0.508 e. The summed E-state index contributed by atoms with van der Waals surface area (Å²) in [6.45, 7) is 4.12. The fourth-order valence-corrected chi connectivity index (χ4v) is 4.60. The van der Waals surface area contributed by atoms with Crippen molar-refractivity contribution in [3.63, 3.8) is 0 Å². The number of fused-ring (bicyclic) bond motifs is 1. The van der Waals surface area contributed by atoms with Crippen molar-refractivity contribution in [1.29, 1.82) is 0 Å². The third kappa shape index (κ3) is 6.10. The number of carbonyl (C=O) groups excluding carboxylic acids is 2. The molecule has 1 unspecified atom stereocenters. The van der Waals surface area contributed by atoms with E-state index in [0.29, 0.717) is 12.0 Å². The van der Waals surface area contributed by atoms with Crippen LogP contribution < -0.4 is 10.8 Å². The van der Waals surface area contributed by atoms with E-state index in [4.69, 9.17) is 5.21 Å². The topological polar surface area (TPSA) is 122 Å². The zero-order chi connectivity index (χ0) is 24.0. The van der Waals surface area contributed by atoms with Gasteiger partial charge in [-0.1, -0.05) is 49.7 Å². The molecule has 2 amide bonds. The lowest BCUT2D eigenvalue weighted by molar-refractivity contribution is -0.142. The number of aliphatic hydroxyl groups excluding tert-OH is 1. The summed E-state index contributed by atoms with van der Waals surface area (Å²) < 4.78 is 0. The van der Waals surface area contributed by atoms with E-state index in [1.807, 2.05) is 38.1 Å². The van der Waals surface area contributed by atoms with Gasteiger partial charge in [-0.15, -0.1) is 0 Å². The normalized spacial score (nSPS) is 18.9. The van der Waals surface area contributed by atoms with Gasteiger partial charge < -0.3 is 20.4 Å². The van der Waals surface area contributed by atoms with E-state index in [-0.39, 0.29) is 30.7 Å². The van der Waals surface area contributed by atoms with Crippen molar-refractivity contribution in [2.75, 3.05) is 0 Å². The van der Waals surface area contributed by atoms with Crippen LogP contribution in [0.3, 0.4) is 0 Å². The van der Waals surface area contributed by atoms with Crippen molar-refractivity contribution in [2.24, 2.45) is 0 Å². The second kappa shape index (κ2) is 11.3. The Morgan fingerprint density at radius 1 is 1.18 bits per heavy atom. The van der Waals surface area contributed by atoms with E-state index < -0.39 is 24.1 Å². The molecule has 0 saturated heterocycles. The summed E-state index contributed by atoms with van der Waals surface area (Å²) >= 11 is 0. The fourth-order valence-electron chi connectivity index (χ4n) is 4.60. The first-order chi connectivity index (χ1) is 15.8. The SMILES string of the molecule is CCCC(C)N[C@H](CC(=O)NO)C(=O)N(Cc1cccc(O)c1)[C@H]1c2ccccc2C[C@H]1O. The molecule has 5 N–H and O–H groups in total. The summed E-state index contributed by atoms with van der Waals surface area (Å²) in [5, 5.41) is 33.2. The summed E-state index contributed by atoms with van der Waals surface area (Å²) in [5.41, 5.74) is 4.15. The molecule has 1 aliphatic carbocycles. The van der Waals surface area contributed by atoms with Gasteiger partial charge >= 0.3 is 0 Å². The molecule has 2 aromatic carbocycles. The summed E-state index contributed by atoms with van der Waals surface area (Å²) in [5.74, 6) is -0.946. The summed E-state index contributed by atoms with van der Waals surface area (Å²) in [7, 11) is 0. The van der Waals surface area contributed by atoms with Crippen LogP contribution in [0.15, 0.2) is 48.5 Å². The standard InChI is InChI=1S/C25H33N3O5/c1-3-7-16(2)26-21(14-23(31)27-33)25(32)28(15-17-8-6-10-19(29)12-17)24-20-11-5-4-9-18(20)13-22(24)30/h4-6,8-12,16,21-22,24,26,29-30,33H,3,7,13-15H2,1-2H3,(H,27,31)/t16?,21-,22-,24+/m1/s1. The lowest BCUT2D eigenvalue weighted by Gasteiger charge is -2.35. The minimum atomic E-state index is -0.893. The van der Waals surface area contributed by atoms with Gasteiger partial charge in [-0.05, 0) is 42.2 Å². The van der Waals surface area contributed by atoms with Crippen molar-refractivity contribution in [1.82, 2.24) is 15.7 Å². The van der Waals surface area contributed by atoms with Gasteiger partial charge in [0.1, 0.15) is 5.75 Å². The second-order valence-electron chi connectivity index (χ2n) is 8.70. The van der Waals surface area contributed by atoms with Crippen LogP contribution in [0.5, 0.6) is 5.75 Å². The number of benzene rings is 2. The monoisotopic (exact) mass is 455 g/mol. The Balaban J connectivity index is 1.98. The van der Waals surface area contributed by atoms with Gasteiger partial charge in [-0.2, -0.15) is 0 Å². The first-order valence-corrected chi connectivity index (χ1v) is 11.4. The van der Waals surface area contributed by atoms with E-state index in [9.17, 15) is 19.8 Å². The molecule has 0 heterocycles. The van der Waals surface area contributed by atoms with Crippen molar-refractivity contribution < 1.29 is 25.0 Å². The highest BCUT2D eigenvalue weighted by molar-refractivity contribution is 5.88. The Hall–Kier alpha value is -2.94. The maximum Gasteiger partial charge on any atom is 0.245 e. The number of aromatic hydroxyl groups is 1. The Labute approximate surface area is 194 Å². The zero-order valence-electron chi connectivity index (χ0n) is 19.1. The number of carbonyl (C=O) groups is 2. The number of phenolic OH excluding ortho intramolecular Hbond substituents is 1. The minimum absolute atomic E-state index is 0.0288. The zero-order valence-corrected chi connectivity index (χ0v) is 19.1. The number of hydrogen-bond acceptors (Lipinski definition) is 6. The van der Waals surface area contributed by atoms with Crippen molar-refractivity contribution in [3.8, 4) is 5.75 Å². The van der Waals surface area contributed by atoms with Gasteiger partial charge in [-0.3, -0.25) is 14.8 Å². The first kappa shape index (κ1) is 24.7. The van der Waals surface area contributed by atoms with Crippen LogP contribution in [-0.4, -0.2) is 50.3 Å². The lowest BCUT2D eigenvalue weighted by atomic mass is 10.0. The van der Waals surface area contributed by atoms with Gasteiger partial charge in [0.25, 0.3) is 0 Å². The molecule has 8 heteroatoms. The van der Waals surface area contributed by atoms with Gasteiger partial charge in [0.05, 0.1) is 24.6 Å². The molecule has 33 heavy (non-hydrogen) atoms. The molecule has 1 aliphatic rings. The molecule has 3 rings (SSSR count). The number of amides is 2. The number of hydrogen-bond donors (Lipinski definition) is 5. The van der Waals surface area contributed by atoms with Crippen LogP contribution in [-0.2, 0) is 22.6 Å². The summed E-state index contributed by atoms with van der Waals surface area (Å²) in [6.07, 6.45) is 1.09. The van der Waals surface area contributed by atoms with Crippen LogP contribution in [0.25, 0.3) is 0 Å². The number of hydroxylamine groups is 1. The molecule has 2 aromatic rings. The van der Waals surface area contributed by atoms with E-state index in [0.717, 1.165) is 24.0 Å². The molecular weight excluding hydrogens is 422 g/mol. The molecule has 4 atom stereocenters. The smallest absolute Gasteiger partial charge is 0.245 e. The van der Waals surface area contributed by atoms with Gasteiger partial charge in [-0.25, -0.2) is 5.48 Å². The van der Waals surface area contributed by atoms with Crippen LogP contribution in [0.1, 0.15) is 55.8 Å². The number of nitrogens with one attached hydrogen (secondary N) is 2. The minimum Gasteiger partial charge on any atom is -0.508 e. The van der Waals surface area contributed by atoms with Crippen molar-refractivity contribution in [3.05, 3.63) is 65.2 Å².